The van der Waals surface area contributed by atoms with Crippen molar-refractivity contribution in [2.24, 2.45) is 5.92 Å². The van der Waals surface area contributed by atoms with Crippen LogP contribution >= 0.6 is 0 Å². The van der Waals surface area contributed by atoms with E-state index in [-0.39, 0.29) is 31.2 Å². The molecule has 0 N–H and O–H groups in total. The molecule has 0 bridgehead atoms. The molecular weight excluding hydrogens is 463 g/mol. The van der Waals surface area contributed by atoms with Crippen molar-refractivity contribution in [1.29, 1.82) is 0 Å². The third-order valence-corrected chi connectivity index (χ3v) is 6.25. The highest BCUT2D eigenvalue weighted by atomic mass is 19.4. The molecule has 2 aromatic carbocycles. The predicted molar refractivity (Wildman–Crippen MR) is 122 cm³/mol. The second-order valence-electron chi connectivity index (χ2n) is 8.52. The van der Waals surface area contributed by atoms with Crippen LogP contribution in [-0.2, 0) is 28.7 Å². The van der Waals surface area contributed by atoms with Crippen LogP contribution in [0, 0.1) is 5.92 Å². The fourth-order valence-electron chi connectivity index (χ4n) is 4.18. The monoisotopic (exact) mass is 487 g/mol. The quantitative estimate of drug-likeness (QED) is 0.375. The van der Waals surface area contributed by atoms with Crippen LogP contribution < -0.4 is 5.63 Å². The number of esters is 1. The number of nitrogens with zero attached hydrogens (tertiary/aromatic N) is 1. The number of piperidine rings is 1. The Morgan fingerprint density at radius 2 is 1.74 bits per heavy atom. The van der Waals surface area contributed by atoms with Gasteiger partial charge >= 0.3 is 17.8 Å². The maximum Gasteiger partial charge on any atom is 0.416 e. The molecule has 3 aromatic rings. The Morgan fingerprint density at radius 1 is 1.06 bits per heavy atom. The molecule has 2 heterocycles. The van der Waals surface area contributed by atoms with Crippen molar-refractivity contribution in [2.45, 2.75) is 39.0 Å². The zero-order valence-corrected chi connectivity index (χ0v) is 19.1. The van der Waals surface area contributed by atoms with Crippen molar-refractivity contribution in [3.05, 3.63) is 81.2 Å². The summed E-state index contributed by atoms with van der Waals surface area (Å²) in [7, 11) is 0. The lowest BCUT2D eigenvalue weighted by Crippen LogP contribution is -2.40. The van der Waals surface area contributed by atoms with Gasteiger partial charge in [0.15, 0.2) is 0 Å². The predicted octanol–water partition coefficient (Wildman–Crippen LogP) is 4.97. The lowest BCUT2D eigenvalue weighted by Gasteiger charge is -2.31. The number of carbonyl (C=O) groups is 2. The maximum atomic E-state index is 12.7. The van der Waals surface area contributed by atoms with E-state index in [4.69, 9.17) is 9.15 Å². The third kappa shape index (κ3) is 5.55. The van der Waals surface area contributed by atoms with Crippen LogP contribution in [-0.4, -0.2) is 29.9 Å². The summed E-state index contributed by atoms with van der Waals surface area (Å²) in [5, 5.41) is 0.701. The number of fused-ring (bicyclic) bond motifs is 1. The number of amides is 1. The molecule has 1 aliphatic rings. The van der Waals surface area contributed by atoms with Gasteiger partial charge in [0.05, 0.1) is 11.5 Å². The summed E-state index contributed by atoms with van der Waals surface area (Å²) in [5.41, 5.74) is 0.852. The number of benzene rings is 2. The second-order valence-corrected chi connectivity index (χ2v) is 8.52. The molecular formula is C26H24F3NO5. The summed E-state index contributed by atoms with van der Waals surface area (Å²) in [6, 6.07) is 11.0. The van der Waals surface area contributed by atoms with Crippen LogP contribution in [0.3, 0.4) is 0 Å². The number of aryl methyl sites for hydroxylation is 1. The van der Waals surface area contributed by atoms with Gasteiger partial charge in [0.25, 0.3) is 5.91 Å². The van der Waals surface area contributed by atoms with Gasteiger partial charge in [0, 0.05) is 35.7 Å². The number of rotatable bonds is 5. The summed E-state index contributed by atoms with van der Waals surface area (Å²) in [5.74, 6) is -1.21. The maximum absolute atomic E-state index is 12.7. The van der Waals surface area contributed by atoms with Crippen molar-refractivity contribution >= 4 is 22.8 Å². The van der Waals surface area contributed by atoms with E-state index in [1.807, 2.05) is 19.1 Å². The highest BCUT2D eigenvalue weighted by molar-refractivity contribution is 5.94. The van der Waals surface area contributed by atoms with Gasteiger partial charge in [-0.25, -0.2) is 4.79 Å². The highest BCUT2D eigenvalue weighted by Gasteiger charge is 2.32. The average molecular weight is 487 g/mol. The van der Waals surface area contributed by atoms with Gasteiger partial charge in [-0.1, -0.05) is 19.1 Å². The minimum Gasteiger partial charge on any atom is -0.461 e. The van der Waals surface area contributed by atoms with Gasteiger partial charge in [-0.3, -0.25) is 9.59 Å². The third-order valence-electron chi connectivity index (χ3n) is 6.25. The molecule has 9 heteroatoms. The topological polar surface area (TPSA) is 76.8 Å². The number of hydrogen-bond acceptors (Lipinski definition) is 5. The molecule has 0 spiro atoms. The molecule has 35 heavy (non-hydrogen) atoms. The normalized spacial score (nSPS) is 14.8. The van der Waals surface area contributed by atoms with Gasteiger partial charge in [0.2, 0.25) is 0 Å². The van der Waals surface area contributed by atoms with Crippen LogP contribution in [0.1, 0.15) is 46.8 Å². The van der Waals surface area contributed by atoms with Gasteiger partial charge in [-0.15, -0.1) is 0 Å². The van der Waals surface area contributed by atoms with Crippen molar-refractivity contribution in [2.75, 3.05) is 13.1 Å². The van der Waals surface area contributed by atoms with Crippen LogP contribution in [0.2, 0.25) is 0 Å². The standard InChI is InChI=1S/C26H24F3NO5/c1-2-16-3-8-21-19(14-23(31)35-22(21)13-16)15-34-25(33)18-9-11-30(12-10-18)24(32)17-4-6-20(7-5-17)26(27,28)29/h3-8,13-14,18H,2,9-12,15H2,1H3. The minimum atomic E-state index is -4.46. The van der Waals surface area contributed by atoms with E-state index in [1.54, 1.807) is 6.07 Å². The molecule has 0 radical (unpaired) electrons. The van der Waals surface area contributed by atoms with E-state index in [9.17, 15) is 27.6 Å². The Balaban J connectivity index is 1.34. The first-order chi connectivity index (χ1) is 16.7. The molecule has 0 aliphatic carbocycles. The van der Waals surface area contributed by atoms with Crippen molar-refractivity contribution < 1.29 is 31.9 Å². The Labute approximate surface area is 199 Å². The van der Waals surface area contributed by atoms with Crippen LogP contribution in [0.15, 0.2) is 57.7 Å². The second kappa shape index (κ2) is 9.93. The number of ether oxygens (including phenoxy) is 1. The zero-order chi connectivity index (χ0) is 25.2. The van der Waals surface area contributed by atoms with E-state index in [0.717, 1.165) is 36.2 Å². The molecule has 1 fully saturated rings. The van der Waals surface area contributed by atoms with Crippen LogP contribution in [0.25, 0.3) is 11.0 Å². The Hall–Kier alpha value is -3.62. The van der Waals surface area contributed by atoms with Crippen molar-refractivity contribution in [1.82, 2.24) is 4.90 Å². The first-order valence-electron chi connectivity index (χ1n) is 11.3. The lowest BCUT2D eigenvalue weighted by atomic mass is 9.96. The summed E-state index contributed by atoms with van der Waals surface area (Å²) < 4.78 is 49.0. The molecule has 1 aromatic heterocycles. The van der Waals surface area contributed by atoms with E-state index in [0.29, 0.717) is 29.4 Å². The molecule has 6 nitrogen and oxygen atoms in total. The molecule has 0 saturated carbocycles. The number of alkyl halides is 3. The molecule has 0 unspecified atom stereocenters. The Morgan fingerprint density at radius 3 is 2.37 bits per heavy atom. The Kier molecular flexibility index (Phi) is 6.95. The largest absolute Gasteiger partial charge is 0.461 e. The highest BCUT2D eigenvalue weighted by Crippen LogP contribution is 2.29. The summed E-state index contributed by atoms with van der Waals surface area (Å²) in [6.07, 6.45) is -2.92. The number of hydrogen-bond donors (Lipinski definition) is 0. The first kappa shape index (κ1) is 24.5. The lowest BCUT2D eigenvalue weighted by molar-refractivity contribution is -0.151. The fraction of sp³-hybridized carbons (Fsp3) is 0.346. The fourth-order valence-corrected chi connectivity index (χ4v) is 4.18. The molecule has 1 saturated heterocycles. The van der Waals surface area contributed by atoms with Gasteiger partial charge < -0.3 is 14.1 Å². The first-order valence-corrected chi connectivity index (χ1v) is 11.3. The van der Waals surface area contributed by atoms with E-state index >= 15 is 0 Å². The van der Waals surface area contributed by atoms with E-state index in [2.05, 4.69) is 0 Å². The van der Waals surface area contributed by atoms with Crippen molar-refractivity contribution in [3.63, 3.8) is 0 Å². The summed E-state index contributed by atoms with van der Waals surface area (Å²) >= 11 is 0. The number of halogens is 3. The molecule has 0 atom stereocenters. The summed E-state index contributed by atoms with van der Waals surface area (Å²) in [4.78, 5) is 38.7. The van der Waals surface area contributed by atoms with Crippen molar-refractivity contribution in [3.8, 4) is 0 Å². The molecule has 1 amide bonds. The summed E-state index contributed by atoms with van der Waals surface area (Å²) in [6.45, 7) is 2.50. The Bertz CT molecular complexity index is 1290. The minimum absolute atomic E-state index is 0.0723. The molecule has 184 valence electrons. The SMILES string of the molecule is CCc1ccc2c(COC(=O)C3CCN(C(=O)c4ccc(C(F)(F)F)cc4)CC3)cc(=O)oc2c1. The number of carbonyl (C=O) groups excluding carboxylic acids is 2. The van der Waals surface area contributed by atoms with Gasteiger partial charge in [0.1, 0.15) is 12.2 Å². The smallest absolute Gasteiger partial charge is 0.416 e. The van der Waals surface area contributed by atoms with Gasteiger partial charge in [-0.05, 0) is 55.2 Å². The number of likely N-dealkylation sites (tertiary alicyclic amines) is 1. The van der Waals surface area contributed by atoms with E-state index in [1.165, 1.54) is 11.0 Å². The average Bonchev–Trinajstić information content (AvgIpc) is 2.85. The van der Waals surface area contributed by atoms with Crippen LogP contribution in [0.4, 0.5) is 13.2 Å². The molecule has 4 rings (SSSR count). The zero-order valence-electron chi connectivity index (χ0n) is 19.1. The van der Waals surface area contributed by atoms with Gasteiger partial charge in [-0.2, -0.15) is 13.2 Å². The molecule has 1 aliphatic heterocycles. The van der Waals surface area contributed by atoms with E-state index < -0.39 is 29.3 Å². The van der Waals surface area contributed by atoms with Crippen LogP contribution in [0.5, 0.6) is 0 Å².